The third-order valence-corrected chi connectivity index (χ3v) is 16.3. The maximum atomic E-state index is 13.5. The molecule has 84 heavy (non-hydrogen) atoms. The molecule has 21 aliphatic heterocycles. The van der Waals surface area contributed by atoms with E-state index in [1.165, 1.54) is 0 Å². The van der Waals surface area contributed by atoms with Gasteiger partial charge in [-0.05, 0) is 0 Å². The van der Waals surface area contributed by atoms with E-state index in [1.54, 1.807) is 0 Å². The molecular weight excluding hydrogens is 1200 g/mol. The fraction of sp³-hybridized carbons (Fsp3) is 1.00. The number of ether oxygens (including phenoxy) is 14. The highest BCUT2D eigenvalue weighted by atomic mass is 32.2. The summed E-state index contributed by atoms with van der Waals surface area (Å²) in [5, 5.41) is 221. The van der Waals surface area contributed by atoms with E-state index in [9.17, 15) is 124 Å². The van der Waals surface area contributed by atoms with Crippen LogP contribution in [0.15, 0.2) is 0 Å². The predicted molar refractivity (Wildman–Crippen MR) is 242 cm³/mol. The zero-order chi connectivity index (χ0) is 61.8. The van der Waals surface area contributed by atoms with Crippen LogP contribution in [-0.4, -0.2) is 377 Å². The number of alkyl halides is 3. The van der Waals surface area contributed by atoms with E-state index in [1.807, 2.05) is 0 Å². The van der Waals surface area contributed by atoms with Crippen molar-refractivity contribution in [3.05, 3.63) is 0 Å². The summed E-state index contributed by atoms with van der Waals surface area (Å²) in [6.45, 7) is -8.77. The van der Waals surface area contributed by atoms with Crippen molar-refractivity contribution in [2.45, 2.75) is 220 Å². The summed E-state index contributed by atoms with van der Waals surface area (Å²) in [4.78, 5) is 0. The van der Waals surface area contributed by atoms with Crippen molar-refractivity contribution < 1.29 is 194 Å². The number of aliphatic hydroxyl groups is 20. The summed E-state index contributed by atoms with van der Waals surface area (Å²) < 4.78 is 147. The van der Waals surface area contributed by atoms with Crippen molar-refractivity contribution in [3.63, 3.8) is 0 Å². The molecule has 41 heteroatoms. The van der Waals surface area contributed by atoms with E-state index in [0.717, 1.165) is 0 Å². The molecule has 20 N–H and O–H groups in total. The van der Waals surface area contributed by atoms with Crippen LogP contribution in [-0.2, 0) is 80.6 Å². The Hall–Kier alpha value is -1.66. The van der Waals surface area contributed by atoms with Crippen LogP contribution in [0.1, 0.15) is 0 Å². The van der Waals surface area contributed by atoms with Gasteiger partial charge in [0.15, 0.2) is 44.0 Å². The highest BCUT2D eigenvalue weighted by Gasteiger charge is 2.60. The van der Waals surface area contributed by atoms with Crippen molar-refractivity contribution in [1.29, 1.82) is 0 Å². The van der Waals surface area contributed by atoms with E-state index in [-0.39, 0.29) is 0 Å². The average Bonchev–Trinajstić information content (AvgIpc) is 2.53. The summed E-state index contributed by atoms with van der Waals surface area (Å²) in [5.41, 5.74) is -6.10. The van der Waals surface area contributed by atoms with Crippen LogP contribution < -0.4 is 0 Å². The highest BCUT2D eigenvalue weighted by Crippen LogP contribution is 2.39. The molecule has 21 saturated heterocycles. The molecule has 0 unspecified atom stereocenters. The molecule has 21 aliphatic rings. The van der Waals surface area contributed by atoms with Crippen LogP contribution in [0, 0.1) is 0 Å². The van der Waals surface area contributed by atoms with Crippen molar-refractivity contribution in [3.8, 4) is 0 Å². The number of hydrogen-bond acceptors (Lipinski definition) is 37. The maximum Gasteiger partial charge on any atom is 0.523 e. The molecule has 37 nitrogen and oxygen atoms in total. The lowest BCUT2D eigenvalue weighted by Crippen LogP contribution is -2.68. The molecule has 21 rings (SSSR count). The second kappa shape index (κ2) is 27.8. The van der Waals surface area contributed by atoms with Gasteiger partial charge in [-0.25, -0.2) is 0 Å². The van der Waals surface area contributed by atoms with Gasteiger partial charge in [-0.15, -0.1) is 0 Å². The minimum absolute atomic E-state index is 1.10. The van der Waals surface area contributed by atoms with Crippen LogP contribution in [0.3, 0.4) is 0 Å². The molecule has 21 heterocycles. The Bertz CT molecular complexity index is 2190. The Morgan fingerprint density at radius 2 is 0.429 bits per heavy atom. The fourth-order valence-electron chi connectivity index (χ4n) is 10.6. The Balaban J connectivity index is 1.11. The van der Waals surface area contributed by atoms with E-state index < -0.39 is 277 Å². The van der Waals surface area contributed by atoms with Gasteiger partial charge in [0.05, 0.1) is 46.2 Å². The standard InChI is InChI=1S/C43H69F3O37S/c44-43(45,46)84(67,68)69-7-14-35-21(59)28(66)42(76-14)82-34-13(6-52)74-40(26(64)19(34)57)80-32-11(4-50)72-38(24(62)17(32)55)78-30-9(2-48)70-36(22(60)15(30)53)77-29-8(1-47)71-37(23(61)16(29)54)79-31-10(3-49)73-39(25(63)18(31)56)81-33-12(5-51)75-41(83-35)27(65)20(33)58/h8-42,47-66H,1-7H2/t8-,9+,10-,11+,12-,13+,14-,15+,16+,17-,18+,19+,20+,21+,22+,23+,24-,25+,26-,27+,28+,29+,30+,31+,32+,33+,34+,35+,36+,37+,38+,39+,40+,41+,42+/m0/s1. The predicted octanol–water partition coefficient (Wildman–Crippen LogP) is -14.4. The van der Waals surface area contributed by atoms with E-state index >= 15 is 0 Å². The first-order valence-electron chi connectivity index (χ1n) is 25.9. The zero-order valence-corrected chi connectivity index (χ0v) is 43.9. The Morgan fingerprint density at radius 3 is 0.583 bits per heavy atom. The number of aliphatic hydroxyl groups excluding tert-OH is 20. The van der Waals surface area contributed by atoms with Crippen molar-refractivity contribution in [2.75, 3.05) is 46.2 Å². The summed E-state index contributed by atoms with van der Waals surface area (Å²) >= 11 is 0. The van der Waals surface area contributed by atoms with Gasteiger partial charge in [0.1, 0.15) is 171 Å². The minimum atomic E-state index is -6.54. The lowest BCUT2D eigenvalue weighted by Gasteiger charge is -2.50. The first-order valence-corrected chi connectivity index (χ1v) is 27.3. The summed E-state index contributed by atoms with van der Waals surface area (Å²) in [5.74, 6) is 0. The third kappa shape index (κ3) is 13.5. The van der Waals surface area contributed by atoms with Crippen LogP contribution in [0.5, 0.6) is 0 Å². The van der Waals surface area contributed by atoms with Crippen molar-refractivity contribution >= 4 is 10.1 Å². The van der Waals surface area contributed by atoms with Crippen LogP contribution in [0.25, 0.3) is 0 Å². The van der Waals surface area contributed by atoms with Crippen molar-refractivity contribution in [1.82, 2.24) is 0 Å². The van der Waals surface area contributed by atoms with Gasteiger partial charge in [0, 0.05) is 0 Å². The minimum Gasteiger partial charge on any atom is -0.394 e. The third-order valence-electron chi connectivity index (χ3n) is 15.3. The Morgan fingerprint density at radius 1 is 0.274 bits per heavy atom. The van der Waals surface area contributed by atoms with E-state index in [2.05, 4.69) is 4.18 Å². The lowest BCUT2D eigenvalue weighted by molar-refractivity contribution is -0.396. The van der Waals surface area contributed by atoms with Gasteiger partial charge >= 0.3 is 15.6 Å². The normalized spacial score (nSPS) is 52.2. The molecule has 14 bridgehead atoms. The smallest absolute Gasteiger partial charge is 0.394 e. The van der Waals surface area contributed by atoms with Gasteiger partial charge in [0.2, 0.25) is 0 Å². The lowest BCUT2D eigenvalue weighted by atomic mass is 9.95. The fourth-order valence-corrected chi connectivity index (χ4v) is 11.1. The Kier molecular flexibility index (Phi) is 22.6. The molecule has 490 valence electrons. The molecule has 0 spiro atoms. The largest absolute Gasteiger partial charge is 0.523 e. The molecule has 0 aromatic carbocycles. The summed E-state index contributed by atoms with van der Waals surface area (Å²) in [6, 6.07) is 0. The summed E-state index contributed by atoms with van der Waals surface area (Å²) in [6.07, 6.45) is -76.9. The molecule has 0 aromatic heterocycles. The molecule has 0 radical (unpaired) electrons. The molecular formula is C43H69F3O37S. The number of rotatable bonds is 9. The molecule has 35 atom stereocenters. The summed E-state index contributed by atoms with van der Waals surface area (Å²) in [7, 11) is -6.54. The second-order valence-corrected chi connectivity index (χ2v) is 22.3. The van der Waals surface area contributed by atoms with Gasteiger partial charge < -0.3 is 168 Å². The number of hydrogen-bond donors (Lipinski definition) is 20. The van der Waals surface area contributed by atoms with E-state index in [4.69, 9.17) is 66.3 Å². The SMILES string of the molecule is O=S(=O)(OC[C@@H]1O[C@@H]2O[C@H]3[C@H](O)[C@H](O)[C@@H](O[C@H]4[C@@H](O)[C@H](O)[C@@H](O[C@H]5[C@H](O)[C@@H](O)[C@@H](O[C@H]6[C@H](O)[C@@H](O)[C@@H](O[C@H]7[C@H](O)[C@@H](O)[C@@H](O[C@H]8[C@H](O)[C@@H](O)[C@@H](O[C@H]1[C@H](O)[C@H]2O)O[C@H]8CO)O[C@H]7CO)O[C@H]6CO)O[C@@H]5CO)O[C@@H]4CO)O[C@@H]3CO)C(F)(F)F. The van der Waals surface area contributed by atoms with Crippen LogP contribution in [0.4, 0.5) is 13.2 Å². The van der Waals surface area contributed by atoms with Crippen LogP contribution >= 0.6 is 0 Å². The van der Waals surface area contributed by atoms with E-state index in [0.29, 0.717) is 0 Å². The molecule has 0 saturated carbocycles. The Labute approximate surface area is 470 Å². The number of halogens is 3. The zero-order valence-electron chi connectivity index (χ0n) is 43.1. The van der Waals surface area contributed by atoms with Gasteiger partial charge in [0.25, 0.3) is 0 Å². The van der Waals surface area contributed by atoms with Gasteiger partial charge in [-0.3, -0.25) is 4.18 Å². The van der Waals surface area contributed by atoms with Crippen molar-refractivity contribution in [2.24, 2.45) is 0 Å². The van der Waals surface area contributed by atoms with Gasteiger partial charge in [-0.2, -0.15) is 21.6 Å². The molecule has 0 aliphatic carbocycles. The molecule has 0 amide bonds. The topological polar surface area (TPSA) is 577 Å². The maximum absolute atomic E-state index is 13.5. The first-order chi connectivity index (χ1) is 39.6. The average molecular weight is 1270 g/mol. The molecule has 21 fully saturated rings. The monoisotopic (exact) mass is 1270 g/mol. The van der Waals surface area contributed by atoms with Crippen LogP contribution in [0.2, 0.25) is 0 Å². The highest BCUT2D eigenvalue weighted by molar-refractivity contribution is 7.87. The first kappa shape index (κ1) is 68.3. The molecule has 0 aromatic rings. The quantitative estimate of drug-likeness (QED) is 0.0753. The van der Waals surface area contributed by atoms with Gasteiger partial charge in [-0.1, -0.05) is 0 Å². The second-order valence-electron chi connectivity index (χ2n) is 20.7.